The van der Waals surface area contributed by atoms with Gasteiger partial charge in [0.05, 0.1) is 18.7 Å². The van der Waals surface area contributed by atoms with E-state index < -0.39 is 0 Å². The van der Waals surface area contributed by atoms with Crippen LogP contribution < -0.4 is 9.47 Å². The second-order valence-corrected chi connectivity index (χ2v) is 3.00. The van der Waals surface area contributed by atoms with Gasteiger partial charge in [-0.3, -0.25) is 0 Å². The van der Waals surface area contributed by atoms with Crippen molar-refractivity contribution in [2.45, 2.75) is 0 Å². The molecule has 0 unspecified atom stereocenters. The van der Waals surface area contributed by atoms with Gasteiger partial charge < -0.3 is 9.47 Å². The van der Waals surface area contributed by atoms with Crippen molar-refractivity contribution in [3.05, 3.63) is 16.2 Å². The van der Waals surface area contributed by atoms with E-state index in [-0.39, 0.29) is 5.69 Å². The number of aromatic nitrogens is 1. The highest BCUT2D eigenvalue weighted by atomic mass is 79.9. The minimum absolute atomic E-state index is 0.276. The zero-order valence-electron chi connectivity index (χ0n) is 7.17. The van der Waals surface area contributed by atoms with Gasteiger partial charge in [-0.25, -0.2) is 0 Å². The molecule has 5 heteroatoms. The summed E-state index contributed by atoms with van der Waals surface area (Å²) in [6, 6.07) is 3.57. The predicted molar refractivity (Wildman–Crippen MR) is 49.8 cm³/mol. The summed E-state index contributed by atoms with van der Waals surface area (Å²) in [4.78, 5) is 3.92. The number of nitrogens with zero attached hydrogens (tertiary/aromatic N) is 2. The number of methoxy groups -OCH3 is 2. The normalized spacial score (nSPS) is 9.08. The smallest absolute Gasteiger partial charge is 0.258 e. The fourth-order valence-corrected chi connectivity index (χ4v) is 1.21. The van der Waals surface area contributed by atoms with Crippen LogP contribution in [0.15, 0.2) is 10.5 Å². The van der Waals surface area contributed by atoms with Gasteiger partial charge in [-0.05, 0) is 15.9 Å². The van der Waals surface area contributed by atoms with Gasteiger partial charge in [0.15, 0.2) is 11.4 Å². The van der Waals surface area contributed by atoms with E-state index in [9.17, 15) is 0 Å². The second-order valence-electron chi connectivity index (χ2n) is 2.14. The minimum Gasteiger partial charge on any atom is -0.491 e. The number of pyridine rings is 1. The number of rotatable bonds is 2. The standard InChI is InChI=1S/C8H7BrN2O2/c1-12-7-3-5(9)6(4-10)11-8(7)13-2/h3H,1-2H3. The van der Waals surface area contributed by atoms with Crippen LogP contribution in [0.1, 0.15) is 5.69 Å². The van der Waals surface area contributed by atoms with Crippen LogP contribution in [0.2, 0.25) is 0 Å². The monoisotopic (exact) mass is 242 g/mol. The summed E-state index contributed by atoms with van der Waals surface area (Å²) in [6.07, 6.45) is 0. The molecule has 0 atom stereocenters. The lowest BCUT2D eigenvalue weighted by Gasteiger charge is -2.06. The second kappa shape index (κ2) is 4.10. The van der Waals surface area contributed by atoms with Crippen molar-refractivity contribution in [1.29, 1.82) is 5.26 Å². The molecule has 1 aromatic heterocycles. The van der Waals surface area contributed by atoms with Crippen molar-refractivity contribution in [3.63, 3.8) is 0 Å². The summed E-state index contributed by atoms with van der Waals surface area (Å²) >= 11 is 3.19. The lowest BCUT2D eigenvalue weighted by molar-refractivity contribution is 0.342. The quantitative estimate of drug-likeness (QED) is 0.793. The first-order valence-electron chi connectivity index (χ1n) is 3.41. The summed E-state index contributed by atoms with van der Waals surface area (Å²) in [5, 5.41) is 8.66. The first-order valence-corrected chi connectivity index (χ1v) is 4.20. The summed E-state index contributed by atoms with van der Waals surface area (Å²) in [5.41, 5.74) is 0.276. The maximum atomic E-state index is 8.66. The molecule has 0 aromatic carbocycles. The van der Waals surface area contributed by atoms with E-state index in [1.54, 1.807) is 6.07 Å². The van der Waals surface area contributed by atoms with Gasteiger partial charge in [-0.2, -0.15) is 10.2 Å². The molecule has 0 N–H and O–H groups in total. The third-order valence-electron chi connectivity index (χ3n) is 1.43. The first-order chi connectivity index (χ1) is 6.22. The Balaban J connectivity index is 3.28. The molecule has 68 valence electrons. The molecule has 0 aliphatic heterocycles. The van der Waals surface area contributed by atoms with Gasteiger partial charge in [0.25, 0.3) is 5.88 Å². The molecule has 4 nitrogen and oxygen atoms in total. The average Bonchev–Trinajstić information content (AvgIpc) is 2.17. The molecule has 13 heavy (non-hydrogen) atoms. The minimum atomic E-state index is 0.276. The number of nitriles is 1. The van der Waals surface area contributed by atoms with E-state index in [1.807, 2.05) is 6.07 Å². The molecule has 0 saturated heterocycles. The van der Waals surface area contributed by atoms with Crippen molar-refractivity contribution in [2.75, 3.05) is 14.2 Å². The molecule has 0 aliphatic carbocycles. The molecule has 1 rings (SSSR count). The van der Waals surface area contributed by atoms with Crippen LogP contribution in [0, 0.1) is 11.3 Å². The van der Waals surface area contributed by atoms with Crippen LogP contribution in [0.3, 0.4) is 0 Å². The van der Waals surface area contributed by atoms with E-state index in [2.05, 4.69) is 20.9 Å². The lowest BCUT2D eigenvalue weighted by Crippen LogP contribution is -1.96. The van der Waals surface area contributed by atoms with E-state index in [4.69, 9.17) is 14.7 Å². The Labute approximate surface area is 84.2 Å². The third-order valence-corrected chi connectivity index (χ3v) is 2.03. The molecule has 0 spiro atoms. The van der Waals surface area contributed by atoms with Crippen LogP contribution in [0.5, 0.6) is 11.6 Å². The fourth-order valence-electron chi connectivity index (χ4n) is 0.826. The summed E-state index contributed by atoms with van der Waals surface area (Å²) in [5.74, 6) is 0.802. The van der Waals surface area contributed by atoms with E-state index in [0.29, 0.717) is 16.1 Å². The fraction of sp³-hybridized carbons (Fsp3) is 0.250. The van der Waals surface area contributed by atoms with Crippen molar-refractivity contribution < 1.29 is 9.47 Å². The lowest BCUT2D eigenvalue weighted by atomic mass is 10.3. The molecule has 0 radical (unpaired) electrons. The summed E-state index contributed by atoms with van der Waals surface area (Å²) in [6.45, 7) is 0. The average molecular weight is 243 g/mol. The van der Waals surface area contributed by atoms with Gasteiger partial charge in [0.2, 0.25) is 0 Å². The Morgan fingerprint density at radius 2 is 2.15 bits per heavy atom. The zero-order chi connectivity index (χ0) is 9.84. The Hall–Kier alpha value is -1.28. The SMILES string of the molecule is COc1cc(Br)c(C#N)nc1OC. The molecule has 1 aromatic rings. The first kappa shape index (κ1) is 9.81. The third kappa shape index (κ3) is 1.90. The van der Waals surface area contributed by atoms with Gasteiger partial charge in [-0.1, -0.05) is 0 Å². The Morgan fingerprint density at radius 3 is 2.62 bits per heavy atom. The molecule has 0 fully saturated rings. The van der Waals surface area contributed by atoms with E-state index >= 15 is 0 Å². The maximum absolute atomic E-state index is 8.66. The number of halogens is 1. The van der Waals surface area contributed by atoms with Crippen LogP contribution >= 0.6 is 15.9 Å². The maximum Gasteiger partial charge on any atom is 0.258 e. The van der Waals surface area contributed by atoms with Gasteiger partial charge in [-0.15, -0.1) is 0 Å². The van der Waals surface area contributed by atoms with Gasteiger partial charge in [0, 0.05) is 6.07 Å². The van der Waals surface area contributed by atoms with E-state index in [1.165, 1.54) is 14.2 Å². The predicted octanol–water partition coefficient (Wildman–Crippen LogP) is 1.73. The molecule has 0 amide bonds. The summed E-state index contributed by atoms with van der Waals surface area (Å²) in [7, 11) is 2.98. The highest BCUT2D eigenvalue weighted by Crippen LogP contribution is 2.29. The zero-order valence-corrected chi connectivity index (χ0v) is 8.75. The van der Waals surface area contributed by atoms with Crippen molar-refractivity contribution in [2.24, 2.45) is 0 Å². The highest BCUT2D eigenvalue weighted by Gasteiger charge is 2.10. The van der Waals surface area contributed by atoms with Crippen LogP contribution in [-0.2, 0) is 0 Å². The molecule has 1 heterocycles. The topological polar surface area (TPSA) is 55.1 Å². The Bertz CT molecular complexity index is 360. The molecule has 0 saturated carbocycles. The molecular formula is C8H7BrN2O2. The highest BCUT2D eigenvalue weighted by molar-refractivity contribution is 9.10. The van der Waals surface area contributed by atoms with Crippen LogP contribution in [-0.4, -0.2) is 19.2 Å². The van der Waals surface area contributed by atoms with E-state index in [0.717, 1.165) is 0 Å². The Kier molecular flexibility index (Phi) is 3.09. The molecule has 0 aliphatic rings. The molecule has 0 bridgehead atoms. The summed E-state index contributed by atoms with van der Waals surface area (Å²) < 4.78 is 10.5. The molecular weight excluding hydrogens is 236 g/mol. The number of hydrogen-bond donors (Lipinski definition) is 0. The van der Waals surface area contributed by atoms with Crippen molar-refractivity contribution >= 4 is 15.9 Å². The Morgan fingerprint density at radius 1 is 1.46 bits per heavy atom. The van der Waals surface area contributed by atoms with Gasteiger partial charge >= 0.3 is 0 Å². The van der Waals surface area contributed by atoms with Crippen molar-refractivity contribution in [3.8, 4) is 17.7 Å². The van der Waals surface area contributed by atoms with Gasteiger partial charge in [0.1, 0.15) is 6.07 Å². The number of ether oxygens (including phenoxy) is 2. The largest absolute Gasteiger partial charge is 0.491 e. The number of hydrogen-bond acceptors (Lipinski definition) is 4. The van der Waals surface area contributed by atoms with Crippen molar-refractivity contribution in [1.82, 2.24) is 4.98 Å². The van der Waals surface area contributed by atoms with Crippen LogP contribution in [0.25, 0.3) is 0 Å². The van der Waals surface area contributed by atoms with Crippen LogP contribution in [0.4, 0.5) is 0 Å².